The van der Waals surface area contributed by atoms with E-state index >= 15 is 0 Å². The fourth-order valence-electron chi connectivity index (χ4n) is 9.11. The van der Waals surface area contributed by atoms with E-state index in [2.05, 4.69) is 25.3 Å². The maximum Gasteiger partial charge on any atom is 0.254 e. The molecule has 1 amide bonds. The van der Waals surface area contributed by atoms with E-state index in [1.165, 1.54) is 0 Å². The Kier molecular flexibility index (Phi) is 13.0. The number of amides is 1. The SMILES string of the molecule is C=CCOc1ccc2c(c1)[C@H]1[C@H](CCCCO)[C@@H](CCCCO)C=C3C(=NOCc4ccccc4)C[C@H](N(C)C(=O)c4ccc5c(c4)OCO5)[C@@](OCC=C)(O2)[C@H]31. The van der Waals surface area contributed by atoms with Crippen LogP contribution in [0.25, 0.3) is 0 Å². The van der Waals surface area contributed by atoms with Gasteiger partial charge in [-0.15, -0.1) is 6.58 Å². The monoisotopic (exact) mass is 778 g/mol. The van der Waals surface area contributed by atoms with Gasteiger partial charge in [-0.05, 0) is 85.1 Å². The molecule has 0 radical (unpaired) electrons. The number of hydrogen-bond donors (Lipinski definition) is 2. The van der Waals surface area contributed by atoms with Crippen molar-refractivity contribution in [2.45, 2.75) is 69.3 Å². The lowest BCUT2D eigenvalue weighted by Crippen LogP contribution is -2.69. The standard InChI is InChI=1S/C46H54N2O9/c1-4-23-52-34-18-20-39-37(27-34)43-35(16-10-12-22-50)32(15-9-11-21-49)25-36-38(47-56-29-31-13-7-6-8-14-31)28-42(46(57-39,44(36)43)55-24-5-2)48(3)45(51)33-17-19-40-41(26-33)54-30-53-40/h4-8,13-14,17-20,25-27,32,35,42-44,49-50H,1-2,9-12,15-16,21-24,28-30H2,3H3/t32-,35+,42-,43+,44+,46+/m0/s1. The van der Waals surface area contributed by atoms with Crippen LogP contribution in [0.4, 0.5) is 0 Å². The lowest BCUT2D eigenvalue weighted by Gasteiger charge is -2.59. The summed E-state index contributed by atoms with van der Waals surface area (Å²) in [6, 6.07) is 20.3. The number of rotatable bonds is 19. The summed E-state index contributed by atoms with van der Waals surface area (Å²) < 4.78 is 31.5. The Morgan fingerprint density at radius 1 is 0.930 bits per heavy atom. The Morgan fingerprint density at radius 2 is 1.68 bits per heavy atom. The van der Waals surface area contributed by atoms with Gasteiger partial charge in [0, 0.05) is 43.7 Å². The van der Waals surface area contributed by atoms with Crippen molar-refractivity contribution >= 4 is 11.6 Å². The fourth-order valence-corrected chi connectivity index (χ4v) is 9.11. The molecule has 11 heteroatoms. The number of hydrogen-bond acceptors (Lipinski definition) is 10. The van der Waals surface area contributed by atoms with E-state index in [-0.39, 0.29) is 63.3 Å². The lowest BCUT2D eigenvalue weighted by molar-refractivity contribution is -0.252. The van der Waals surface area contributed by atoms with Crippen LogP contribution >= 0.6 is 0 Å². The van der Waals surface area contributed by atoms with E-state index < -0.39 is 17.7 Å². The molecule has 3 aromatic rings. The maximum absolute atomic E-state index is 14.7. The molecule has 0 bridgehead atoms. The molecule has 2 N–H and O–H groups in total. The average Bonchev–Trinajstić information content (AvgIpc) is 3.72. The molecular weight excluding hydrogens is 725 g/mol. The second-order valence-electron chi connectivity index (χ2n) is 15.1. The zero-order valence-corrected chi connectivity index (χ0v) is 32.7. The fraction of sp³-hybridized carbons (Fsp3) is 0.435. The van der Waals surface area contributed by atoms with Crippen LogP contribution in [0.3, 0.4) is 0 Å². The van der Waals surface area contributed by atoms with Gasteiger partial charge in [0.2, 0.25) is 12.6 Å². The second-order valence-corrected chi connectivity index (χ2v) is 15.1. The molecule has 302 valence electrons. The third-order valence-corrected chi connectivity index (χ3v) is 11.7. The number of likely N-dealkylation sites (N-methyl/N-ethyl adjacent to an activating group) is 1. The van der Waals surface area contributed by atoms with Crippen LogP contribution in [-0.4, -0.2) is 78.8 Å². The molecule has 3 aromatic carbocycles. The van der Waals surface area contributed by atoms with Crippen LogP contribution in [0, 0.1) is 17.8 Å². The van der Waals surface area contributed by atoms with Crippen LogP contribution in [0.5, 0.6) is 23.0 Å². The van der Waals surface area contributed by atoms with Gasteiger partial charge in [0.25, 0.3) is 5.91 Å². The maximum atomic E-state index is 14.7. The molecular formula is C46H54N2O9. The van der Waals surface area contributed by atoms with Crippen LogP contribution in [0.15, 0.2) is 109 Å². The quantitative estimate of drug-likeness (QED) is 0.0719. The number of aliphatic hydroxyl groups is 2. The molecule has 0 unspecified atom stereocenters. The van der Waals surface area contributed by atoms with Gasteiger partial charge in [0.1, 0.15) is 30.8 Å². The highest BCUT2D eigenvalue weighted by Gasteiger charge is 2.65. The Morgan fingerprint density at radius 3 is 2.46 bits per heavy atom. The van der Waals surface area contributed by atoms with E-state index in [0.717, 1.165) is 48.1 Å². The van der Waals surface area contributed by atoms with Crippen molar-refractivity contribution in [2.75, 3.05) is 40.3 Å². The molecule has 1 fully saturated rings. The summed E-state index contributed by atoms with van der Waals surface area (Å²) in [5.74, 6) is 0.442. The largest absolute Gasteiger partial charge is 0.490 e. The number of fused-ring (bicyclic) bond motifs is 3. The van der Waals surface area contributed by atoms with Crippen LogP contribution in [-0.2, 0) is 16.2 Å². The van der Waals surface area contributed by atoms with Gasteiger partial charge in [-0.1, -0.05) is 73.1 Å². The van der Waals surface area contributed by atoms with Crippen molar-refractivity contribution < 1.29 is 43.5 Å². The van der Waals surface area contributed by atoms with Crippen molar-refractivity contribution in [3.05, 3.63) is 120 Å². The van der Waals surface area contributed by atoms with E-state index in [9.17, 15) is 15.0 Å². The van der Waals surface area contributed by atoms with E-state index in [1.807, 2.05) is 42.5 Å². The molecule has 57 heavy (non-hydrogen) atoms. The minimum atomic E-state index is -1.37. The van der Waals surface area contributed by atoms with Gasteiger partial charge in [0.15, 0.2) is 11.5 Å². The normalized spacial score (nSPS) is 24.7. The second kappa shape index (κ2) is 18.4. The summed E-state index contributed by atoms with van der Waals surface area (Å²) in [5, 5.41) is 24.6. The van der Waals surface area contributed by atoms with Crippen LogP contribution in [0.2, 0.25) is 0 Å². The molecule has 7 rings (SSSR count). The highest BCUT2D eigenvalue weighted by atomic mass is 16.7. The van der Waals surface area contributed by atoms with E-state index in [1.54, 1.807) is 42.3 Å². The lowest BCUT2D eigenvalue weighted by atomic mass is 9.55. The number of nitrogens with zero attached hydrogens (tertiary/aromatic N) is 2. The van der Waals surface area contributed by atoms with Crippen molar-refractivity contribution in [3.63, 3.8) is 0 Å². The summed E-state index contributed by atoms with van der Waals surface area (Å²) in [6.07, 6.45) is 10.8. The summed E-state index contributed by atoms with van der Waals surface area (Å²) >= 11 is 0. The van der Waals surface area contributed by atoms with Gasteiger partial charge in [-0.25, -0.2) is 0 Å². The molecule has 2 aliphatic heterocycles. The molecule has 0 saturated heterocycles. The van der Waals surface area contributed by atoms with Gasteiger partial charge < -0.3 is 43.6 Å². The molecule has 4 aliphatic rings. The average molecular weight is 779 g/mol. The molecule has 1 saturated carbocycles. The molecule has 6 atom stereocenters. The Labute approximate surface area is 335 Å². The predicted octanol–water partition coefficient (Wildman–Crippen LogP) is 7.59. The molecule has 0 spiro atoms. The third-order valence-electron chi connectivity index (χ3n) is 11.7. The number of ether oxygens (including phenoxy) is 5. The summed E-state index contributed by atoms with van der Waals surface area (Å²) in [7, 11) is 1.78. The Hall–Kier alpha value is -5.10. The number of carbonyl (C=O) groups is 1. The van der Waals surface area contributed by atoms with Crippen LogP contribution in [0.1, 0.15) is 72.3 Å². The zero-order valence-electron chi connectivity index (χ0n) is 32.7. The van der Waals surface area contributed by atoms with Gasteiger partial charge in [-0.2, -0.15) is 0 Å². The first kappa shape index (κ1) is 40.1. The number of oxime groups is 1. The summed E-state index contributed by atoms with van der Waals surface area (Å²) in [6.45, 7) is 8.96. The molecule has 11 nitrogen and oxygen atoms in total. The minimum absolute atomic E-state index is 0.0908. The van der Waals surface area contributed by atoms with Crippen molar-refractivity contribution in [3.8, 4) is 23.0 Å². The number of benzene rings is 3. The first-order valence-electron chi connectivity index (χ1n) is 20.1. The van der Waals surface area contributed by atoms with E-state index in [4.69, 9.17) is 33.7 Å². The summed E-state index contributed by atoms with van der Waals surface area (Å²) in [5.41, 5.74) is 4.10. The Balaban J connectivity index is 1.41. The third kappa shape index (κ3) is 8.33. The molecule has 2 heterocycles. The number of unbranched alkanes of at least 4 members (excludes halogenated alkanes) is 2. The first-order chi connectivity index (χ1) is 27.9. The van der Waals surface area contributed by atoms with Gasteiger partial charge >= 0.3 is 0 Å². The van der Waals surface area contributed by atoms with Crippen molar-refractivity contribution in [2.24, 2.45) is 22.9 Å². The van der Waals surface area contributed by atoms with Crippen molar-refractivity contribution in [1.29, 1.82) is 0 Å². The molecule has 2 aliphatic carbocycles. The highest BCUT2D eigenvalue weighted by Crippen LogP contribution is 2.62. The Bertz CT molecular complexity index is 1950. The zero-order chi connectivity index (χ0) is 39.8. The first-order valence-corrected chi connectivity index (χ1v) is 20.1. The number of aliphatic hydroxyl groups excluding tert-OH is 2. The van der Waals surface area contributed by atoms with Crippen molar-refractivity contribution in [1.82, 2.24) is 4.90 Å². The predicted molar refractivity (Wildman–Crippen MR) is 217 cm³/mol. The topological polar surface area (TPSA) is 129 Å². The summed E-state index contributed by atoms with van der Waals surface area (Å²) in [4.78, 5) is 22.5. The molecule has 0 aromatic heterocycles. The smallest absolute Gasteiger partial charge is 0.254 e. The van der Waals surface area contributed by atoms with Crippen LogP contribution < -0.4 is 18.9 Å². The minimum Gasteiger partial charge on any atom is -0.490 e. The van der Waals surface area contributed by atoms with E-state index in [0.29, 0.717) is 48.0 Å². The highest BCUT2D eigenvalue weighted by molar-refractivity contribution is 6.03. The number of carbonyl (C=O) groups excluding carboxylic acids is 1. The number of allylic oxidation sites excluding steroid dienone is 1. The van der Waals surface area contributed by atoms with Gasteiger partial charge in [-0.3, -0.25) is 4.79 Å². The van der Waals surface area contributed by atoms with Gasteiger partial charge in [0.05, 0.1) is 18.2 Å².